The highest BCUT2D eigenvalue weighted by Crippen LogP contribution is 2.42. The summed E-state index contributed by atoms with van der Waals surface area (Å²) in [4.78, 5) is 0. The minimum atomic E-state index is -0.0863. The molecule has 0 spiro atoms. The first kappa shape index (κ1) is 25.3. The van der Waals surface area contributed by atoms with Gasteiger partial charge in [-0.2, -0.15) is 0 Å². The van der Waals surface area contributed by atoms with Gasteiger partial charge in [0.25, 0.3) is 0 Å². The fourth-order valence-corrected chi connectivity index (χ4v) is 4.30. The molecule has 0 saturated heterocycles. The number of benzene rings is 1. The monoisotopic (exact) mass is 424 g/mol. The standard InChI is InChI=1S/C29H44O2/c1-21(2)12-9-13-22(3)14-10-15-23(4)16-11-18-29(7)19-17-26-20-27(30-8)24(5)25(6)28(26)31-29/h12,14,16,20H,9-11,13,15,17-19H2,1-8H3/b22-14+,23-16+/t29-/m1/s1. The van der Waals surface area contributed by atoms with Gasteiger partial charge < -0.3 is 9.47 Å². The second-order valence-electron chi connectivity index (χ2n) is 9.87. The van der Waals surface area contributed by atoms with E-state index >= 15 is 0 Å². The molecule has 1 aliphatic heterocycles. The first-order chi connectivity index (χ1) is 14.6. The van der Waals surface area contributed by atoms with E-state index in [1.54, 1.807) is 7.11 Å². The Morgan fingerprint density at radius 1 is 0.968 bits per heavy atom. The average molecular weight is 425 g/mol. The summed E-state index contributed by atoms with van der Waals surface area (Å²) in [6.07, 6.45) is 16.1. The molecule has 172 valence electrons. The Bertz CT molecular complexity index is 837. The Hall–Kier alpha value is -1.96. The number of allylic oxidation sites excluding steroid dienone is 6. The van der Waals surface area contributed by atoms with Crippen molar-refractivity contribution in [1.29, 1.82) is 0 Å². The zero-order chi connectivity index (χ0) is 23.0. The first-order valence-corrected chi connectivity index (χ1v) is 12.0. The second kappa shape index (κ2) is 11.6. The van der Waals surface area contributed by atoms with Gasteiger partial charge in [0.1, 0.15) is 17.1 Å². The van der Waals surface area contributed by atoms with Crippen LogP contribution in [0.5, 0.6) is 11.5 Å². The second-order valence-corrected chi connectivity index (χ2v) is 9.87. The highest BCUT2D eigenvalue weighted by molar-refractivity contribution is 5.53. The zero-order valence-corrected chi connectivity index (χ0v) is 21.3. The Morgan fingerprint density at radius 2 is 1.58 bits per heavy atom. The molecule has 1 heterocycles. The van der Waals surface area contributed by atoms with Crippen molar-refractivity contribution in [3.05, 3.63) is 57.7 Å². The lowest BCUT2D eigenvalue weighted by atomic mass is 9.86. The lowest BCUT2D eigenvalue weighted by Gasteiger charge is -2.37. The molecule has 1 aromatic rings. The van der Waals surface area contributed by atoms with Gasteiger partial charge in [-0.15, -0.1) is 0 Å². The fourth-order valence-electron chi connectivity index (χ4n) is 4.30. The molecule has 0 unspecified atom stereocenters. The van der Waals surface area contributed by atoms with Crippen molar-refractivity contribution in [1.82, 2.24) is 0 Å². The average Bonchev–Trinajstić information content (AvgIpc) is 2.71. The summed E-state index contributed by atoms with van der Waals surface area (Å²) in [6.45, 7) is 15.4. The van der Waals surface area contributed by atoms with Gasteiger partial charge in [0, 0.05) is 0 Å². The summed E-state index contributed by atoms with van der Waals surface area (Å²) in [5.41, 5.74) is 8.02. The number of ether oxygens (including phenoxy) is 2. The Labute approximate surface area is 191 Å². The molecule has 2 nitrogen and oxygen atoms in total. The largest absolute Gasteiger partial charge is 0.496 e. The third-order valence-corrected chi connectivity index (χ3v) is 6.65. The molecule has 2 rings (SSSR count). The molecule has 31 heavy (non-hydrogen) atoms. The summed E-state index contributed by atoms with van der Waals surface area (Å²) < 4.78 is 12.1. The molecule has 0 aromatic heterocycles. The highest BCUT2D eigenvalue weighted by Gasteiger charge is 2.32. The predicted molar refractivity (Wildman–Crippen MR) is 134 cm³/mol. The smallest absolute Gasteiger partial charge is 0.126 e. The number of hydrogen-bond donors (Lipinski definition) is 0. The van der Waals surface area contributed by atoms with E-state index in [9.17, 15) is 0 Å². The van der Waals surface area contributed by atoms with Gasteiger partial charge in [0.2, 0.25) is 0 Å². The van der Waals surface area contributed by atoms with E-state index in [-0.39, 0.29) is 5.60 Å². The summed E-state index contributed by atoms with van der Waals surface area (Å²) in [5.74, 6) is 2.06. The molecule has 0 amide bonds. The lowest BCUT2D eigenvalue weighted by molar-refractivity contribution is 0.0561. The Kier molecular flexibility index (Phi) is 9.47. The maximum Gasteiger partial charge on any atom is 0.126 e. The van der Waals surface area contributed by atoms with E-state index in [1.807, 2.05) is 0 Å². The maximum atomic E-state index is 6.58. The minimum Gasteiger partial charge on any atom is -0.496 e. The van der Waals surface area contributed by atoms with Crippen molar-refractivity contribution in [2.75, 3.05) is 7.11 Å². The van der Waals surface area contributed by atoms with Crippen LogP contribution in [0.15, 0.2) is 41.0 Å². The van der Waals surface area contributed by atoms with E-state index in [4.69, 9.17) is 9.47 Å². The van der Waals surface area contributed by atoms with E-state index in [2.05, 4.69) is 72.8 Å². The summed E-state index contributed by atoms with van der Waals surface area (Å²) in [6, 6.07) is 2.16. The molecule has 0 radical (unpaired) electrons. The quantitative estimate of drug-likeness (QED) is 0.350. The van der Waals surface area contributed by atoms with E-state index < -0.39 is 0 Å². The molecule has 2 heteroatoms. The third-order valence-electron chi connectivity index (χ3n) is 6.65. The van der Waals surface area contributed by atoms with Crippen LogP contribution in [0.3, 0.4) is 0 Å². The molecule has 1 atom stereocenters. The van der Waals surface area contributed by atoms with Crippen LogP contribution in [-0.4, -0.2) is 12.7 Å². The normalized spacial score (nSPS) is 19.0. The molecule has 1 aromatic carbocycles. The molecular formula is C29H44O2. The SMILES string of the molecule is COc1cc2c(c(C)c1C)O[C@](C)(CC/C=C(\C)CC/C=C(\C)CCC=C(C)C)CC2. The zero-order valence-electron chi connectivity index (χ0n) is 21.3. The van der Waals surface area contributed by atoms with Crippen molar-refractivity contribution in [2.24, 2.45) is 0 Å². The van der Waals surface area contributed by atoms with E-state index in [0.29, 0.717) is 0 Å². The summed E-state index contributed by atoms with van der Waals surface area (Å²) in [5, 5.41) is 0. The molecule has 1 aliphatic rings. The number of methoxy groups -OCH3 is 1. The van der Waals surface area contributed by atoms with E-state index in [0.717, 1.165) is 56.4 Å². The number of rotatable bonds is 10. The maximum absolute atomic E-state index is 6.58. The molecule has 0 fully saturated rings. The Balaban J connectivity index is 1.85. The van der Waals surface area contributed by atoms with Crippen molar-refractivity contribution >= 4 is 0 Å². The highest BCUT2D eigenvalue weighted by atomic mass is 16.5. The first-order valence-electron chi connectivity index (χ1n) is 12.0. The van der Waals surface area contributed by atoms with Crippen molar-refractivity contribution in [3.63, 3.8) is 0 Å². The van der Waals surface area contributed by atoms with Crippen LogP contribution in [0, 0.1) is 13.8 Å². The minimum absolute atomic E-state index is 0.0863. The number of aryl methyl sites for hydroxylation is 1. The van der Waals surface area contributed by atoms with Gasteiger partial charge in [-0.1, -0.05) is 34.9 Å². The van der Waals surface area contributed by atoms with Gasteiger partial charge in [-0.25, -0.2) is 0 Å². The topological polar surface area (TPSA) is 18.5 Å². The van der Waals surface area contributed by atoms with Crippen molar-refractivity contribution in [3.8, 4) is 11.5 Å². The van der Waals surface area contributed by atoms with Crippen LogP contribution in [0.25, 0.3) is 0 Å². The predicted octanol–water partition coefficient (Wildman–Crippen LogP) is 8.60. The summed E-state index contributed by atoms with van der Waals surface area (Å²) in [7, 11) is 1.75. The van der Waals surface area contributed by atoms with Crippen LogP contribution in [0.4, 0.5) is 0 Å². The number of hydrogen-bond acceptors (Lipinski definition) is 2. The van der Waals surface area contributed by atoms with Crippen LogP contribution >= 0.6 is 0 Å². The van der Waals surface area contributed by atoms with Crippen LogP contribution < -0.4 is 9.47 Å². The molecule has 0 saturated carbocycles. The molecule has 0 N–H and O–H groups in total. The van der Waals surface area contributed by atoms with Gasteiger partial charge >= 0.3 is 0 Å². The fraction of sp³-hybridized carbons (Fsp3) is 0.586. The summed E-state index contributed by atoms with van der Waals surface area (Å²) >= 11 is 0. The third kappa shape index (κ3) is 7.59. The molecule has 0 aliphatic carbocycles. The molecular weight excluding hydrogens is 380 g/mol. The van der Waals surface area contributed by atoms with E-state index in [1.165, 1.54) is 39.8 Å². The van der Waals surface area contributed by atoms with Crippen LogP contribution in [-0.2, 0) is 6.42 Å². The van der Waals surface area contributed by atoms with Gasteiger partial charge in [0.05, 0.1) is 7.11 Å². The molecule has 0 bridgehead atoms. The van der Waals surface area contributed by atoms with Gasteiger partial charge in [-0.05, 0) is 123 Å². The van der Waals surface area contributed by atoms with Gasteiger partial charge in [-0.3, -0.25) is 0 Å². The lowest BCUT2D eigenvalue weighted by Crippen LogP contribution is -2.36. The Morgan fingerprint density at radius 3 is 2.19 bits per heavy atom. The van der Waals surface area contributed by atoms with Gasteiger partial charge in [0.15, 0.2) is 0 Å². The number of fused-ring (bicyclic) bond motifs is 1. The van der Waals surface area contributed by atoms with Crippen molar-refractivity contribution < 1.29 is 9.47 Å². The van der Waals surface area contributed by atoms with Crippen LogP contribution in [0.2, 0.25) is 0 Å². The van der Waals surface area contributed by atoms with Crippen LogP contribution in [0.1, 0.15) is 96.3 Å². The van der Waals surface area contributed by atoms with Crippen molar-refractivity contribution in [2.45, 2.75) is 105 Å².